The first-order chi connectivity index (χ1) is 9.71. The fourth-order valence-electron chi connectivity index (χ4n) is 5.07. The van der Waals surface area contributed by atoms with Gasteiger partial charge >= 0.3 is 0 Å². The zero-order valence-corrected chi connectivity index (χ0v) is 12.7. The summed E-state index contributed by atoms with van der Waals surface area (Å²) in [6.45, 7) is 3.77. The van der Waals surface area contributed by atoms with Crippen molar-refractivity contribution in [2.75, 3.05) is 13.7 Å². The van der Waals surface area contributed by atoms with Crippen molar-refractivity contribution in [2.24, 2.45) is 5.41 Å². The van der Waals surface area contributed by atoms with Crippen molar-refractivity contribution in [3.63, 3.8) is 0 Å². The molecule has 1 aromatic rings. The van der Waals surface area contributed by atoms with Crippen molar-refractivity contribution in [2.45, 2.75) is 57.5 Å². The first-order valence-corrected chi connectivity index (χ1v) is 8.14. The van der Waals surface area contributed by atoms with Crippen molar-refractivity contribution in [1.29, 1.82) is 0 Å². The van der Waals surface area contributed by atoms with Gasteiger partial charge in [-0.05, 0) is 60.8 Å². The first kappa shape index (κ1) is 12.7. The molecule has 1 aromatic carbocycles. The van der Waals surface area contributed by atoms with E-state index in [1.807, 2.05) is 0 Å². The van der Waals surface area contributed by atoms with Gasteiger partial charge in [-0.3, -0.25) is 4.90 Å². The predicted octanol–water partition coefficient (Wildman–Crippen LogP) is 3.95. The minimum Gasteiger partial charge on any atom is -0.497 e. The Hall–Kier alpha value is -1.02. The fraction of sp³-hybridized carbons (Fsp3) is 0.667. The van der Waals surface area contributed by atoms with Crippen molar-refractivity contribution in [3.05, 3.63) is 29.3 Å². The van der Waals surface area contributed by atoms with Gasteiger partial charge in [0.2, 0.25) is 0 Å². The molecule has 3 aliphatic rings. The molecule has 2 aliphatic heterocycles. The van der Waals surface area contributed by atoms with E-state index in [0.29, 0.717) is 11.5 Å². The molecule has 4 rings (SSSR count). The zero-order chi connectivity index (χ0) is 13.7. The van der Waals surface area contributed by atoms with Crippen molar-refractivity contribution >= 4 is 0 Å². The smallest absolute Gasteiger partial charge is 0.119 e. The third kappa shape index (κ3) is 1.74. The zero-order valence-electron chi connectivity index (χ0n) is 12.7. The van der Waals surface area contributed by atoms with Crippen LogP contribution in [-0.4, -0.2) is 24.6 Å². The maximum Gasteiger partial charge on any atom is 0.119 e. The second-order valence-corrected chi connectivity index (χ2v) is 7.17. The van der Waals surface area contributed by atoms with Gasteiger partial charge in [0.1, 0.15) is 5.75 Å². The Morgan fingerprint density at radius 2 is 2.15 bits per heavy atom. The summed E-state index contributed by atoms with van der Waals surface area (Å²) in [4.78, 5) is 2.84. The average molecular weight is 271 g/mol. The molecule has 0 amide bonds. The second-order valence-electron chi connectivity index (χ2n) is 7.17. The molecule has 108 valence electrons. The summed E-state index contributed by atoms with van der Waals surface area (Å²) in [7, 11) is 1.77. The lowest BCUT2D eigenvalue weighted by molar-refractivity contribution is -0.00248. The largest absolute Gasteiger partial charge is 0.497 e. The van der Waals surface area contributed by atoms with Gasteiger partial charge in [0.25, 0.3) is 0 Å². The van der Waals surface area contributed by atoms with E-state index in [-0.39, 0.29) is 0 Å². The van der Waals surface area contributed by atoms with Crippen LogP contribution in [0.5, 0.6) is 5.75 Å². The number of fused-ring (bicyclic) bond motifs is 5. The fourth-order valence-corrected chi connectivity index (χ4v) is 5.07. The van der Waals surface area contributed by atoms with Crippen LogP contribution in [0, 0.1) is 5.41 Å². The first-order valence-electron chi connectivity index (χ1n) is 8.14. The molecular formula is C18H25NO. The highest BCUT2D eigenvalue weighted by Gasteiger charge is 2.48. The number of benzene rings is 1. The average Bonchev–Trinajstić information content (AvgIpc) is 2.88. The number of nitrogens with zero attached hydrogens (tertiary/aromatic N) is 1. The van der Waals surface area contributed by atoms with E-state index in [2.05, 4.69) is 30.0 Å². The summed E-state index contributed by atoms with van der Waals surface area (Å²) in [5.74, 6) is 1.01. The van der Waals surface area contributed by atoms with E-state index >= 15 is 0 Å². The molecule has 0 N–H and O–H groups in total. The summed E-state index contributed by atoms with van der Waals surface area (Å²) in [6.07, 6.45) is 8.22. The minimum atomic E-state index is 0.598. The maximum absolute atomic E-state index is 5.39. The molecule has 3 atom stereocenters. The molecule has 2 heterocycles. The van der Waals surface area contributed by atoms with Gasteiger partial charge in [-0.15, -0.1) is 0 Å². The third-order valence-electron chi connectivity index (χ3n) is 6.17. The number of piperidine rings is 1. The van der Waals surface area contributed by atoms with Crippen molar-refractivity contribution in [1.82, 2.24) is 4.90 Å². The van der Waals surface area contributed by atoms with Crippen molar-refractivity contribution in [3.8, 4) is 5.75 Å². The van der Waals surface area contributed by atoms with Gasteiger partial charge in [0.05, 0.1) is 7.11 Å². The van der Waals surface area contributed by atoms with Crippen LogP contribution in [0.1, 0.15) is 56.2 Å². The van der Waals surface area contributed by atoms with E-state index in [0.717, 1.165) is 11.8 Å². The van der Waals surface area contributed by atoms with Gasteiger partial charge in [-0.25, -0.2) is 0 Å². The van der Waals surface area contributed by atoms with Gasteiger partial charge in [-0.2, -0.15) is 0 Å². The molecule has 0 unspecified atom stereocenters. The van der Waals surface area contributed by atoms with E-state index < -0.39 is 0 Å². The number of ether oxygens (including phenoxy) is 1. The minimum absolute atomic E-state index is 0.598. The number of hydrogen-bond donors (Lipinski definition) is 0. The topological polar surface area (TPSA) is 12.5 Å². The maximum atomic E-state index is 5.39. The Balaban J connectivity index is 1.69. The van der Waals surface area contributed by atoms with Crippen LogP contribution >= 0.6 is 0 Å². The number of methoxy groups -OCH3 is 1. The van der Waals surface area contributed by atoms with Crippen LogP contribution in [0.4, 0.5) is 0 Å². The van der Waals surface area contributed by atoms with Crippen molar-refractivity contribution < 1.29 is 4.74 Å². The molecule has 0 bridgehead atoms. The Morgan fingerprint density at radius 3 is 3.00 bits per heavy atom. The SMILES string of the molecule is COc1ccc2c(c1)CCN1[C@H]2CC[C@]2(C)CCC[C@@H]12. The Labute approximate surface area is 122 Å². The molecule has 2 fully saturated rings. The van der Waals surface area contributed by atoms with Gasteiger partial charge in [-0.1, -0.05) is 19.4 Å². The lowest BCUT2D eigenvalue weighted by atomic mass is 9.71. The monoisotopic (exact) mass is 271 g/mol. The molecular weight excluding hydrogens is 246 g/mol. The van der Waals surface area contributed by atoms with Crippen LogP contribution in [0.15, 0.2) is 18.2 Å². The van der Waals surface area contributed by atoms with Gasteiger partial charge in [0, 0.05) is 18.6 Å². The van der Waals surface area contributed by atoms with Gasteiger partial charge < -0.3 is 4.74 Å². The second kappa shape index (κ2) is 4.49. The normalized spacial score (nSPS) is 36.1. The molecule has 0 radical (unpaired) electrons. The molecule has 0 spiro atoms. The van der Waals surface area contributed by atoms with E-state index in [1.54, 1.807) is 12.7 Å². The highest BCUT2D eigenvalue weighted by Crippen LogP contribution is 2.53. The highest BCUT2D eigenvalue weighted by atomic mass is 16.5. The van der Waals surface area contributed by atoms with Crippen LogP contribution < -0.4 is 4.74 Å². The predicted molar refractivity (Wildman–Crippen MR) is 81.1 cm³/mol. The quantitative estimate of drug-likeness (QED) is 0.767. The molecule has 20 heavy (non-hydrogen) atoms. The van der Waals surface area contributed by atoms with Crippen LogP contribution in [0.25, 0.3) is 0 Å². The van der Waals surface area contributed by atoms with Gasteiger partial charge in [0.15, 0.2) is 0 Å². The molecule has 2 heteroatoms. The highest BCUT2D eigenvalue weighted by molar-refractivity contribution is 5.40. The third-order valence-corrected chi connectivity index (χ3v) is 6.17. The standard InChI is InChI=1S/C18H25NO/c1-18-9-3-4-17(18)19-11-8-13-12-14(20-2)5-6-15(13)16(19)7-10-18/h5-6,12,16-17H,3-4,7-11H2,1-2H3/t16-,17+,18-/m0/s1. The summed E-state index contributed by atoms with van der Waals surface area (Å²) < 4.78 is 5.39. The summed E-state index contributed by atoms with van der Waals surface area (Å²) in [5, 5.41) is 0. The lowest BCUT2D eigenvalue weighted by Gasteiger charge is -2.51. The van der Waals surface area contributed by atoms with Crippen LogP contribution in [-0.2, 0) is 6.42 Å². The van der Waals surface area contributed by atoms with E-state index in [1.165, 1.54) is 50.6 Å². The molecule has 1 saturated heterocycles. The summed E-state index contributed by atoms with van der Waals surface area (Å²) in [5.41, 5.74) is 3.69. The Morgan fingerprint density at radius 1 is 1.25 bits per heavy atom. The number of hydrogen-bond acceptors (Lipinski definition) is 2. The van der Waals surface area contributed by atoms with Crippen LogP contribution in [0.2, 0.25) is 0 Å². The van der Waals surface area contributed by atoms with Crippen LogP contribution in [0.3, 0.4) is 0 Å². The summed E-state index contributed by atoms with van der Waals surface area (Å²) in [6, 6.07) is 8.22. The summed E-state index contributed by atoms with van der Waals surface area (Å²) >= 11 is 0. The molecule has 2 nitrogen and oxygen atoms in total. The van der Waals surface area contributed by atoms with E-state index in [4.69, 9.17) is 4.74 Å². The Bertz CT molecular complexity index is 526. The lowest BCUT2D eigenvalue weighted by Crippen LogP contribution is -2.51. The molecule has 1 saturated carbocycles. The molecule has 0 aromatic heterocycles. The Kier molecular flexibility index (Phi) is 2.85. The molecule has 1 aliphatic carbocycles. The number of rotatable bonds is 1. The van der Waals surface area contributed by atoms with E-state index in [9.17, 15) is 0 Å².